The monoisotopic (exact) mass is 393 g/mol. The van der Waals surface area contributed by atoms with Crippen LogP contribution in [-0.4, -0.2) is 26.7 Å². The molecular weight excluding hydrogens is 370 g/mol. The van der Waals surface area contributed by atoms with Crippen LogP contribution in [0.3, 0.4) is 0 Å². The van der Waals surface area contributed by atoms with Crippen LogP contribution in [0.25, 0.3) is 33.5 Å². The average Bonchev–Trinajstić information content (AvgIpc) is 3.41. The molecule has 2 aromatic heterocycles. The van der Waals surface area contributed by atoms with E-state index >= 15 is 0 Å². The van der Waals surface area contributed by atoms with Gasteiger partial charge in [-0.2, -0.15) is 5.10 Å². The maximum absolute atomic E-state index is 4.91. The van der Waals surface area contributed by atoms with Gasteiger partial charge in [-0.3, -0.25) is 5.10 Å². The van der Waals surface area contributed by atoms with E-state index in [1.165, 1.54) is 16.8 Å². The van der Waals surface area contributed by atoms with Crippen molar-refractivity contribution in [3.8, 4) is 11.5 Å². The molecule has 2 N–H and O–H groups in total. The number of nitrogens with zero attached hydrogens (tertiary/aromatic N) is 3. The van der Waals surface area contributed by atoms with E-state index in [1.807, 2.05) is 18.2 Å². The Bertz CT molecular complexity index is 1380. The zero-order chi connectivity index (χ0) is 20.3. The van der Waals surface area contributed by atoms with E-state index in [2.05, 4.69) is 82.5 Å². The van der Waals surface area contributed by atoms with Gasteiger partial charge in [-0.1, -0.05) is 62.4 Å². The Labute approximate surface area is 174 Å². The third kappa shape index (κ3) is 2.62. The Hall–Kier alpha value is -3.60. The number of anilines is 1. The highest BCUT2D eigenvalue weighted by Gasteiger charge is 2.35. The molecule has 0 unspecified atom stereocenters. The lowest BCUT2D eigenvalue weighted by Crippen LogP contribution is -2.28. The van der Waals surface area contributed by atoms with Gasteiger partial charge < -0.3 is 9.88 Å². The van der Waals surface area contributed by atoms with Crippen molar-refractivity contribution in [2.24, 2.45) is 0 Å². The number of nitrogens with one attached hydrogen (secondary N) is 2. The Balaban J connectivity index is 1.46. The van der Waals surface area contributed by atoms with Gasteiger partial charge in [0.15, 0.2) is 5.82 Å². The van der Waals surface area contributed by atoms with Crippen LogP contribution >= 0.6 is 0 Å². The summed E-state index contributed by atoms with van der Waals surface area (Å²) in [5, 5.41) is 8.69. The van der Waals surface area contributed by atoms with Crippen molar-refractivity contribution in [2.45, 2.75) is 25.8 Å². The van der Waals surface area contributed by atoms with Crippen LogP contribution in [0, 0.1) is 0 Å². The molecule has 0 bridgehead atoms. The summed E-state index contributed by atoms with van der Waals surface area (Å²) in [5.41, 5.74) is 7.98. The van der Waals surface area contributed by atoms with Gasteiger partial charge in [0.05, 0.1) is 16.6 Å². The fraction of sp³-hybridized carbons (Fsp3) is 0.200. The number of H-pyrrole nitrogens is 2. The molecule has 3 heterocycles. The first kappa shape index (κ1) is 17.3. The molecule has 5 heteroatoms. The van der Waals surface area contributed by atoms with Gasteiger partial charge in [-0.25, -0.2) is 4.98 Å². The molecule has 1 aliphatic rings. The van der Waals surface area contributed by atoms with Gasteiger partial charge in [0.1, 0.15) is 5.69 Å². The zero-order valence-electron chi connectivity index (χ0n) is 17.1. The van der Waals surface area contributed by atoms with Gasteiger partial charge in [0, 0.05) is 29.6 Å². The molecule has 0 fully saturated rings. The van der Waals surface area contributed by atoms with Gasteiger partial charge in [-0.05, 0) is 29.3 Å². The second-order valence-electron chi connectivity index (χ2n) is 8.82. The minimum Gasteiger partial charge on any atom is -0.366 e. The molecule has 0 amide bonds. The number of fused-ring (bicyclic) bond motifs is 3. The highest BCUT2D eigenvalue weighted by atomic mass is 15.2. The number of aromatic nitrogens is 4. The zero-order valence-corrected chi connectivity index (χ0v) is 17.1. The first-order chi connectivity index (χ1) is 14.6. The lowest BCUT2D eigenvalue weighted by molar-refractivity contribution is 0.550. The lowest BCUT2D eigenvalue weighted by Gasteiger charge is -2.22. The van der Waals surface area contributed by atoms with Crippen molar-refractivity contribution < 1.29 is 0 Å². The Morgan fingerprint density at radius 3 is 2.63 bits per heavy atom. The van der Waals surface area contributed by atoms with Crippen molar-refractivity contribution in [3.05, 3.63) is 77.9 Å². The van der Waals surface area contributed by atoms with Crippen molar-refractivity contribution in [3.63, 3.8) is 0 Å². The molecule has 6 rings (SSSR count). The molecule has 5 nitrogen and oxygen atoms in total. The van der Waals surface area contributed by atoms with Gasteiger partial charge in [0.25, 0.3) is 0 Å². The summed E-state index contributed by atoms with van der Waals surface area (Å²) in [6.07, 6.45) is 0. The summed E-state index contributed by atoms with van der Waals surface area (Å²) in [5.74, 6) is 0.804. The van der Waals surface area contributed by atoms with Gasteiger partial charge >= 0.3 is 0 Å². The molecule has 3 aromatic carbocycles. The molecule has 30 heavy (non-hydrogen) atoms. The third-order valence-electron chi connectivity index (χ3n) is 6.17. The minimum absolute atomic E-state index is 0.0859. The second kappa shape index (κ2) is 6.20. The van der Waals surface area contributed by atoms with Crippen LogP contribution in [-0.2, 0) is 12.0 Å². The molecule has 0 atom stereocenters. The summed E-state index contributed by atoms with van der Waals surface area (Å²) < 4.78 is 0. The first-order valence-corrected chi connectivity index (χ1v) is 10.4. The molecule has 0 radical (unpaired) electrons. The highest BCUT2D eigenvalue weighted by Crippen LogP contribution is 2.43. The van der Waals surface area contributed by atoms with Crippen molar-refractivity contribution in [1.82, 2.24) is 20.2 Å². The van der Waals surface area contributed by atoms with E-state index in [1.54, 1.807) is 0 Å². The van der Waals surface area contributed by atoms with Crippen LogP contribution in [0.2, 0.25) is 0 Å². The van der Waals surface area contributed by atoms with Gasteiger partial charge in [-0.15, -0.1) is 0 Å². The maximum Gasteiger partial charge on any atom is 0.159 e. The average molecular weight is 393 g/mol. The minimum atomic E-state index is 0.0859. The number of hydrogen-bond acceptors (Lipinski definition) is 3. The van der Waals surface area contributed by atoms with Crippen molar-refractivity contribution in [2.75, 3.05) is 11.4 Å². The SMILES string of the molecule is CC1(C)CN(Cc2ccccc2)c2cc3nc(-c4n[nH]c5ccccc45)[nH]c3cc21. The number of rotatable bonds is 3. The van der Waals surface area contributed by atoms with Crippen molar-refractivity contribution in [1.29, 1.82) is 0 Å². The maximum atomic E-state index is 4.91. The van der Waals surface area contributed by atoms with Crippen LogP contribution in [0.1, 0.15) is 25.0 Å². The van der Waals surface area contributed by atoms with E-state index in [-0.39, 0.29) is 5.41 Å². The normalized spacial score (nSPS) is 15.2. The lowest BCUT2D eigenvalue weighted by atomic mass is 9.87. The quantitative estimate of drug-likeness (QED) is 0.431. The number of hydrogen-bond donors (Lipinski definition) is 2. The summed E-state index contributed by atoms with van der Waals surface area (Å²) >= 11 is 0. The molecule has 0 spiro atoms. The summed E-state index contributed by atoms with van der Waals surface area (Å²) in [6, 6.07) is 23.3. The fourth-order valence-corrected chi connectivity index (χ4v) is 4.70. The smallest absolute Gasteiger partial charge is 0.159 e. The van der Waals surface area contributed by atoms with E-state index in [0.717, 1.165) is 46.5 Å². The number of benzene rings is 3. The largest absolute Gasteiger partial charge is 0.366 e. The summed E-state index contributed by atoms with van der Waals surface area (Å²) in [6.45, 7) is 6.55. The molecule has 1 aliphatic heterocycles. The number of aromatic amines is 2. The first-order valence-electron chi connectivity index (χ1n) is 10.4. The van der Waals surface area contributed by atoms with E-state index in [4.69, 9.17) is 4.98 Å². The molecule has 0 aliphatic carbocycles. The number of para-hydroxylation sites is 1. The predicted molar refractivity (Wildman–Crippen MR) is 122 cm³/mol. The van der Waals surface area contributed by atoms with Crippen LogP contribution in [0.5, 0.6) is 0 Å². The Morgan fingerprint density at radius 1 is 0.967 bits per heavy atom. The summed E-state index contributed by atoms with van der Waals surface area (Å²) in [7, 11) is 0. The molecule has 5 aromatic rings. The van der Waals surface area contributed by atoms with Crippen LogP contribution in [0.4, 0.5) is 5.69 Å². The standard InChI is InChI=1S/C25H23N5/c1-25(2)15-30(14-16-8-4-3-5-9-16)22-13-21-20(12-18(22)25)26-24(27-21)23-17-10-6-7-11-19(17)28-29-23/h3-13H,14-15H2,1-2H3,(H,26,27)(H,28,29). The molecule has 0 saturated carbocycles. The highest BCUT2D eigenvalue weighted by molar-refractivity contribution is 5.94. The molecule has 148 valence electrons. The van der Waals surface area contributed by atoms with Crippen LogP contribution in [0.15, 0.2) is 66.7 Å². The number of imidazole rings is 1. The second-order valence-corrected chi connectivity index (χ2v) is 8.82. The van der Waals surface area contributed by atoms with Crippen LogP contribution < -0.4 is 4.90 Å². The topological polar surface area (TPSA) is 60.6 Å². The van der Waals surface area contributed by atoms with Gasteiger partial charge in [0.2, 0.25) is 0 Å². The van der Waals surface area contributed by atoms with E-state index < -0.39 is 0 Å². The fourth-order valence-electron chi connectivity index (χ4n) is 4.70. The van der Waals surface area contributed by atoms with E-state index in [9.17, 15) is 0 Å². The third-order valence-corrected chi connectivity index (χ3v) is 6.17. The molecule has 0 saturated heterocycles. The summed E-state index contributed by atoms with van der Waals surface area (Å²) in [4.78, 5) is 10.9. The predicted octanol–water partition coefficient (Wildman–Crippen LogP) is 5.40. The molecular formula is C25H23N5. The van der Waals surface area contributed by atoms with Crippen molar-refractivity contribution >= 4 is 27.6 Å². The van der Waals surface area contributed by atoms with E-state index in [0.29, 0.717) is 0 Å². The Morgan fingerprint density at radius 2 is 1.77 bits per heavy atom. The Kier molecular flexibility index (Phi) is 3.57.